The lowest BCUT2D eigenvalue weighted by molar-refractivity contribution is -0.115. The molecule has 0 bridgehead atoms. The Balaban J connectivity index is 0.000000458. The number of hydrogen-bond acceptors (Lipinski definition) is 4. The highest BCUT2D eigenvalue weighted by Gasteiger charge is 2.16. The lowest BCUT2D eigenvalue weighted by Gasteiger charge is -2.07. The molecule has 1 aliphatic carbocycles. The third-order valence-electron chi connectivity index (χ3n) is 4.37. The van der Waals surface area contributed by atoms with Crippen LogP contribution in [0.1, 0.15) is 37.6 Å². The molecule has 0 N–H and O–H groups in total. The van der Waals surface area contributed by atoms with E-state index in [1.165, 1.54) is 29.7 Å². The number of amides is 1. The molecule has 0 saturated heterocycles. The summed E-state index contributed by atoms with van der Waals surface area (Å²) < 4.78 is 2.10. The van der Waals surface area contributed by atoms with Gasteiger partial charge in [-0.15, -0.1) is 12.8 Å². The summed E-state index contributed by atoms with van der Waals surface area (Å²) in [5, 5.41) is 2.64. The smallest absolute Gasteiger partial charge is 0.209 e. The van der Waals surface area contributed by atoms with E-state index in [9.17, 15) is 4.79 Å². The minimum absolute atomic E-state index is 0.644. The first-order valence-electron chi connectivity index (χ1n) is 10.7. The van der Waals surface area contributed by atoms with E-state index >= 15 is 0 Å². The second-order valence-electron chi connectivity index (χ2n) is 7.47. The standard InChI is InChI=1S/C18H18ClN3S.C3H7NO.C3H6.C2H2/c1-4-13-5-7-14(8-6-13)17-18(22(3)12(2)21-17)23-16-10-9-15(19)11-20-16;1-4(2)3-5;1-2-3-1;1-2/h5-11H,4H2,1-3H3;3H,1-2H3;1-3H2;1-2H. The van der Waals surface area contributed by atoms with Crippen molar-refractivity contribution < 1.29 is 4.79 Å². The Labute approximate surface area is 207 Å². The Hall–Kier alpha value is -2.75. The summed E-state index contributed by atoms with van der Waals surface area (Å²) in [6, 6.07) is 12.4. The predicted molar refractivity (Wildman–Crippen MR) is 140 cm³/mol. The second kappa shape index (κ2) is 15.2. The molecule has 33 heavy (non-hydrogen) atoms. The Morgan fingerprint density at radius 3 is 2.12 bits per heavy atom. The minimum Gasteiger partial charge on any atom is -0.351 e. The summed E-state index contributed by atoms with van der Waals surface area (Å²) in [4.78, 5) is 20.0. The van der Waals surface area contributed by atoms with Gasteiger partial charge in [0.25, 0.3) is 0 Å². The Morgan fingerprint density at radius 2 is 1.70 bits per heavy atom. The number of halogens is 1. The average molecular weight is 485 g/mol. The van der Waals surface area contributed by atoms with Gasteiger partial charge in [-0.1, -0.05) is 62.1 Å². The van der Waals surface area contributed by atoms with E-state index in [2.05, 4.69) is 53.6 Å². The van der Waals surface area contributed by atoms with Crippen LogP contribution in [0.4, 0.5) is 0 Å². The predicted octanol–water partition coefficient (Wildman–Crippen LogP) is 6.28. The van der Waals surface area contributed by atoms with Crippen molar-refractivity contribution in [2.24, 2.45) is 7.05 Å². The van der Waals surface area contributed by atoms with Gasteiger partial charge in [-0.05, 0) is 42.8 Å². The van der Waals surface area contributed by atoms with E-state index in [0.717, 1.165) is 40.0 Å². The number of terminal acetylenes is 1. The summed E-state index contributed by atoms with van der Waals surface area (Å²) in [6.07, 6.45) is 16.0. The van der Waals surface area contributed by atoms with Gasteiger partial charge >= 0.3 is 0 Å². The van der Waals surface area contributed by atoms with Crippen molar-refractivity contribution >= 4 is 29.8 Å². The third kappa shape index (κ3) is 10.2. The van der Waals surface area contributed by atoms with E-state index < -0.39 is 0 Å². The molecule has 1 amide bonds. The Morgan fingerprint density at radius 1 is 1.12 bits per heavy atom. The number of imidazole rings is 1. The minimum atomic E-state index is 0.644. The molecular formula is C26H33ClN4OS. The largest absolute Gasteiger partial charge is 0.351 e. The number of hydrogen-bond donors (Lipinski definition) is 0. The zero-order valence-electron chi connectivity index (χ0n) is 20.1. The molecular weight excluding hydrogens is 452 g/mol. The molecule has 5 nitrogen and oxygen atoms in total. The highest BCUT2D eigenvalue weighted by atomic mass is 35.5. The summed E-state index contributed by atoms with van der Waals surface area (Å²) in [6.45, 7) is 4.18. The molecule has 0 radical (unpaired) electrons. The number of benzene rings is 1. The van der Waals surface area contributed by atoms with Gasteiger partial charge < -0.3 is 9.47 Å². The van der Waals surface area contributed by atoms with Gasteiger partial charge in [-0.25, -0.2) is 9.97 Å². The van der Waals surface area contributed by atoms with Gasteiger partial charge in [-0.2, -0.15) is 0 Å². The van der Waals surface area contributed by atoms with Crippen molar-refractivity contribution in [2.45, 2.75) is 49.6 Å². The highest BCUT2D eigenvalue weighted by molar-refractivity contribution is 7.99. The number of pyridine rings is 1. The maximum atomic E-state index is 9.43. The van der Waals surface area contributed by atoms with Crippen LogP contribution in [-0.4, -0.2) is 39.9 Å². The summed E-state index contributed by atoms with van der Waals surface area (Å²) in [7, 11) is 5.41. The number of carbonyl (C=O) groups is 1. The Bertz CT molecular complexity index is 991. The van der Waals surface area contributed by atoms with Crippen molar-refractivity contribution in [3.8, 4) is 24.1 Å². The van der Waals surface area contributed by atoms with Crippen LogP contribution in [0, 0.1) is 19.8 Å². The quantitative estimate of drug-likeness (QED) is 0.316. The number of rotatable bonds is 5. The zero-order valence-corrected chi connectivity index (χ0v) is 21.7. The molecule has 1 aliphatic rings. The van der Waals surface area contributed by atoms with Crippen LogP contribution >= 0.6 is 23.4 Å². The molecule has 0 spiro atoms. The summed E-state index contributed by atoms with van der Waals surface area (Å²) in [5.74, 6) is 0.982. The van der Waals surface area contributed by atoms with Crippen LogP contribution in [0.2, 0.25) is 5.02 Å². The fourth-order valence-electron chi connectivity index (χ4n) is 2.32. The lowest BCUT2D eigenvalue weighted by Crippen LogP contribution is -2.06. The van der Waals surface area contributed by atoms with Gasteiger partial charge in [0.05, 0.1) is 5.02 Å². The molecule has 0 unspecified atom stereocenters. The third-order valence-corrected chi connectivity index (χ3v) is 5.70. The van der Waals surface area contributed by atoms with E-state index in [-0.39, 0.29) is 0 Å². The monoisotopic (exact) mass is 484 g/mol. The zero-order chi connectivity index (χ0) is 24.8. The van der Waals surface area contributed by atoms with Crippen molar-refractivity contribution in [3.05, 3.63) is 59.0 Å². The van der Waals surface area contributed by atoms with E-state index in [1.807, 2.05) is 26.1 Å². The normalized spacial score (nSPS) is 10.9. The number of aromatic nitrogens is 3. The maximum Gasteiger partial charge on any atom is 0.209 e. The topological polar surface area (TPSA) is 51.0 Å². The summed E-state index contributed by atoms with van der Waals surface area (Å²) >= 11 is 7.52. The maximum absolute atomic E-state index is 9.43. The number of carbonyl (C=O) groups excluding carboxylic acids is 1. The first-order valence-corrected chi connectivity index (χ1v) is 11.9. The first-order chi connectivity index (χ1) is 15.8. The van der Waals surface area contributed by atoms with Crippen molar-refractivity contribution in [3.63, 3.8) is 0 Å². The SMILES string of the molecule is C#C.C1CC1.CCc1ccc(-c2nc(C)n(C)c2Sc2ccc(Cl)cn2)cc1.CN(C)C=O. The highest BCUT2D eigenvalue weighted by Crippen LogP contribution is 2.35. The number of aryl methyl sites for hydroxylation is 2. The fourth-order valence-corrected chi connectivity index (χ4v) is 3.40. The van der Waals surface area contributed by atoms with E-state index in [4.69, 9.17) is 16.6 Å². The molecule has 2 aromatic heterocycles. The van der Waals surface area contributed by atoms with E-state index in [1.54, 1.807) is 32.1 Å². The van der Waals surface area contributed by atoms with Crippen molar-refractivity contribution in [1.29, 1.82) is 0 Å². The van der Waals surface area contributed by atoms with E-state index in [0.29, 0.717) is 5.02 Å². The number of nitrogens with zero attached hydrogens (tertiary/aromatic N) is 4. The molecule has 0 atom stereocenters. The van der Waals surface area contributed by atoms with Gasteiger partial charge in [0.15, 0.2) is 0 Å². The molecule has 1 saturated carbocycles. The van der Waals surface area contributed by atoms with Crippen LogP contribution in [0.25, 0.3) is 11.3 Å². The fraction of sp³-hybridized carbons (Fsp3) is 0.346. The van der Waals surface area contributed by atoms with Crippen molar-refractivity contribution in [2.75, 3.05) is 14.1 Å². The van der Waals surface area contributed by atoms with Gasteiger partial charge in [0.1, 0.15) is 21.6 Å². The van der Waals surface area contributed by atoms with Gasteiger partial charge in [0, 0.05) is 32.9 Å². The molecule has 7 heteroatoms. The molecule has 1 aromatic carbocycles. The van der Waals surface area contributed by atoms with Crippen LogP contribution in [0.15, 0.2) is 52.6 Å². The van der Waals surface area contributed by atoms with Crippen LogP contribution < -0.4 is 0 Å². The van der Waals surface area contributed by atoms with Crippen LogP contribution in [0.3, 0.4) is 0 Å². The van der Waals surface area contributed by atoms with Crippen molar-refractivity contribution in [1.82, 2.24) is 19.4 Å². The lowest BCUT2D eigenvalue weighted by atomic mass is 10.1. The summed E-state index contributed by atoms with van der Waals surface area (Å²) in [5.41, 5.74) is 3.45. The molecule has 176 valence electrons. The molecule has 3 aromatic rings. The molecule has 4 rings (SSSR count). The Kier molecular flexibility index (Phi) is 13.0. The van der Waals surface area contributed by atoms with Crippen LogP contribution in [-0.2, 0) is 18.3 Å². The van der Waals surface area contributed by atoms with Gasteiger partial charge in [0.2, 0.25) is 6.41 Å². The average Bonchev–Trinajstić information content (AvgIpc) is 3.70. The van der Waals surface area contributed by atoms with Gasteiger partial charge in [-0.3, -0.25) is 4.79 Å². The molecule has 0 aliphatic heterocycles. The molecule has 2 heterocycles. The second-order valence-corrected chi connectivity index (χ2v) is 8.91. The van der Waals surface area contributed by atoms with Crippen LogP contribution in [0.5, 0.6) is 0 Å². The molecule has 1 fully saturated rings. The first kappa shape index (κ1) is 28.3.